The van der Waals surface area contributed by atoms with Gasteiger partial charge in [-0.05, 0) is 6.07 Å². The minimum atomic E-state index is -1.13. The number of aromatic carboxylic acids is 1. The van der Waals surface area contributed by atoms with E-state index in [1.165, 1.54) is 23.3 Å². The third-order valence-electron chi connectivity index (χ3n) is 3.04. The number of anilines is 1. The Morgan fingerprint density at radius 1 is 1.29 bits per heavy atom. The summed E-state index contributed by atoms with van der Waals surface area (Å²) < 4.78 is 1.45. The molecule has 1 aliphatic heterocycles. The molecule has 2 N–H and O–H groups in total. The van der Waals surface area contributed by atoms with E-state index in [0.717, 1.165) is 0 Å². The lowest BCUT2D eigenvalue weighted by Crippen LogP contribution is -2.52. The van der Waals surface area contributed by atoms with E-state index in [9.17, 15) is 9.59 Å². The number of rotatable bonds is 3. The minimum absolute atomic E-state index is 0.0759. The van der Waals surface area contributed by atoms with Crippen LogP contribution in [0.5, 0.6) is 0 Å². The van der Waals surface area contributed by atoms with Crippen LogP contribution < -0.4 is 5.32 Å². The highest BCUT2D eigenvalue weighted by Gasteiger charge is 2.33. The normalized spacial score (nSPS) is 14.6. The van der Waals surface area contributed by atoms with Crippen molar-refractivity contribution in [1.82, 2.24) is 29.9 Å². The van der Waals surface area contributed by atoms with Gasteiger partial charge in [0, 0.05) is 25.5 Å². The van der Waals surface area contributed by atoms with Crippen molar-refractivity contribution in [1.29, 1.82) is 0 Å². The first-order chi connectivity index (χ1) is 10.1. The summed E-state index contributed by atoms with van der Waals surface area (Å²) in [5.74, 6) is -0.892. The number of carboxylic acid groups (broad SMARTS) is 1. The van der Waals surface area contributed by atoms with Crippen LogP contribution in [0.3, 0.4) is 0 Å². The van der Waals surface area contributed by atoms with Gasteiger partial charge < -0.3 is 10.0 Å². The van der Waals surface area contributed by atoms with Gasteiger partial charge in [-0.1, -0.05) is 5.21 Å². The zero-order chi connectivity index (χ0) is 14.8. The summed E-state index contributed by atoms with van der Waals surface area (Å²) >= 11 is 0. The molecular weight excluding hydrogens is 278 g/mol. The lowest BCUT2D eigenvalue weighted by atomic mass is 10.1. The van der Waals surface area contributed by atoms with Crippen LogP contribution in [0.25, 0.3) is 0 Å². The molecule has 1 aliphatic rings. The number of carboxylic acids is 1. The van der Waals surface area contributed by atoms with E-state index in [0.29, 0.717) is 13.1 Å². The van der Waals surface area contributed by atoms with Crippen LogP contribution in [0.1, 0.15) is 16.5 Å². The van der Waals surface area contributed by atoms with Gasteiger partial charge in [0.2, 0.25) is 5.95 Å². The van der Waals surface area contributed by atoms with E-state index in [2.05, 4.69) is 25.6 Å². The molecule has 108 valence electrons. The molecule has 0 spiro atoms. The SMILES string of the molecule is O=C(O)c1cn(C2CN(C(=O)Nc3ncccn3)C2)nn1. The van der Waals surface area contributed by atoms with Crippen LogP contribution in [0, 0.1) is 0 Å². The lowest BCUT2D eigenvalue weighted by molar-refractivity contribution is 0.0690. The lowest BCUT2D eigenvalue weighted by Gasteiger charge is -2.38. The Hall–Kier alpha value is -3.04. The summed E-state index contributed by atoms with van der Waals surface area (Å²) in [7, 11) is 0. The fraction of sp³-hybridized carbons (Fsp3) is 0.273. The molecule has 2 aromatic heterocycles. The summed E-state index contributed by atoms with van der Waals surface area (Å²) in [6.07, 6.45) is 4.41. The standard InChI is InChI=1S/C11H11N7O3/c19-9(20)8-6-18(16-15-8)7-4-17(5-7)11(21)14-10-12-2-1-3-13-10/h1-3,6-7H,4-5H2,(H,19,20)(H,12,13,14,21). The molecule has 3 rings (SSSR count). The van der Waals surface area contributed by atoms with Gasteiger partial charge in [0.25, 0.3) is 0 Å². The Kier molecular flexibility index (Phi) is 3.18. The fourth-order valence-corrected chi connectivity index (χ4v) is 1.88. The van der Waals surface area contributed by atoms with Crippen LogP contribution in [0.2, 0.25) is 0 Å². The Morgan fingerprint density at radius 2 is 2.00 bits per heavy atom. The van der Waals surface area contributed by atoms with Crippen LogP contribution in [0.15, 0.2) is 24.7 Å². The maximum absolute atomic E-state index is 11.9. The molecular formula is C11H11N7O3. The number of amides is 2. The summed E-state index contributed by atoms with van der Waals surface area (Å²) in [6.45, 7) is 0.835. The summed E-state index contributed by atoms with van der Waals surface area (Å²) in [5, 5.41) is 18.6. The monoisotopic (exact) mass is 289 g/mol. The maximum Gasteiger partial charge on any atom is 0.358 e. The van der Waals surface area contributed by atoms with Gasteiger partial charge in [0.15, 0.2) is 5.69 Å². The molecule has 21 heavy (non-hydrogen) atoms. The van der Waals surface area contributed by atoms with Crippen LogP contribution >= 0.6 is 0 Å². The molecule has 0 atom stereocenters. The highest BCUT2D eigenvalue weighted by molar-refractivity contribution is 5.88. The predicted molar refractivity (Wildman–Crippen MR) is 68.6 cm³/mol. The molecule has 0 unspecified atom stereocenters. The molecule has 0 aliphatic carbocycles. The van der Waals surface area contributed by atoms with Crippen molar-refractivity contribution in [2.24, 2.45) is 0 Å². The van der Waals surface area contributed by atoms with Crippen molar-refractivity contribution >= 4 is 17.9 Å². The third-order valence-corrected chi connectivity index (χ3v) is 3.04. The van der Waals surface area contributed by atoms with Crippen LogP contribution in [-0.4, -0.2) is 60.1 Å². The highest BCUT2D eigenvalue weighted by atomic mass is 16.4. The van der Waals surface area contributed by atoms with Crippen molar-refractivity contribution in [2.75, 3.05) is 18.4 Å². The van der Waals surface area contributed by atoms with E-state index in [1.807, 2.05) is 0 Å². The molecule has 1 fully saturated rings. The highest BCUT2D eigenvalue weighted by Crippen LogP contribution is 2.20. The molecule has 0 bridgehead atoms. The van der Waals surface area contributed by atoms with E-state index < -0.39 is 5.97 Å². The Balaban J connectivity index is 1.55. The number of nitrogens with zero attached hydrogens (tertiary/aromatic N) is 6. The number of hydrogen-bond donors (Lipinski definition) is 2. The predicted octanol–water partition coefficient (Wildman–Crippen LogP) is -0.145. The van der Waals surface area contributed by atoms with Gasteiger partial charge >= 0.3 is 12.0 Å². The van der Waals surface area contributed by atoms with Crippen LogP contribution in [-0.2, 0) is 0 Å². The number of nitrogens with one attached hydrogen (secondary N) is 1. The molecule has 10 nitrogen and oxygen atoms in total. The van der Waals surface area contributed by atoms with Crippen molar-refractivity contribution in [3.63, 3.8) is 0 Å². The van der Waals surface area contributed by atoms with Gasteiger partial charge in [-0.3, -0.25) is 5.32 Å². The van der Waals surface area contributed by atoms with Crippen molar-refractivity contribution in [3.8, 4) is 0 Å². The molecule has 0 saturated carbocycles. The fourth-order valence-electron chi connectivity index (χ4n) is 1.88. The van der Waals surface area contributed by atoms with Crippen molar-refractivity contribution < 1.29 is 14.7 Å². The number of aromatic nitrogens is 5. The van der Waals surface area contributed by atoms with E-state index in [1.54, 1.807) is 11.0 Å². The zero-order valence-corrected chi connectivity index (χ0v) is 10.7. The smallest absolute Gasteiger partial charge is 0.358 e. The molecule has 10 heteroatoms. The Labute approximate surface area is 118 Å². The van der Waals surface area contributed by atoms with Gasteiger partial charge in [-0.2, -0.15) is 0 Å². The van der Waals surface area contributed by atoms with E-state index in [4.69, 9.17) is 5.11 Å². The second-order valence-corrected chi connectivity index (χ2v) is 4.45. The van der Waals surface area contributed by atoms with Crippen molar-refractivity contribution in [3.05, 3.63) is 30.4 Å². The van der Waals surface area contributed by atoms with Gasteiger partial charge in [0.1, 0.15) is 0 Å². The summed E-state index contributed by atoms with van der Waals surface area (Å²) in [5.41, 5.74) is -0.115. The average Bonchev–Trinajstić information content (AvgIpc) is 2.88. The summed E-state index contributed by atoms with van der Waals surface area (Å²) in [6, 6.07) is 1.27. The van der Waals surface area contributed by atoms with Crippen LogP contribution in [0.4, 0.5) is 10.7 Å². The van der Waals surface area contributed by atoms with Gasteiger partial charge in [-0.25, -0.2) is 24.2 Å². The first kappa shape index (κ1) is 13.0. The second-order valence-electron chi connectivity index (χ2n) is 4.45. The quantitative estimate of drug-likeness (QED) is 0.804. The molecule has 2 amide bonds. The molecule has 2 aromatic rings. The molecule has 0 aromatic carbocycles. The largest absolute Gasteiger partial charge is 0.476 e. The molecule has 0 radical (unpaired) electrons. The Morgan fingerprint density at radius 3 is 2.62 bits per heavy atom. The number of hydrogen-bond acceptors (Lipinski definition) is 6. The van der Waals surface area contributed by atoms with Gasteiger partial charge in [0.05, 0.1) is 12.2 Å². The van der Waals surface area contributed by atoms with E-state index in [-0.39, 0.29) is 23.7 Å². The number of likely N-dealkylation sites (tertiary alicyclic amines) is 1. The first-order valence-electron chi connectivity index (χ1n) is 6.11. The second kappa shape index (κ2) is 5.15. The van der Waals surface area contributed by atoms with E-state index >= 15 is 0 Å². The minimum Gasteiger partial charge on any atom is -0.476 e. The van der Waals surface area contributed by atoms with Crippen molar-refractivity contribution in [2.45, 2.75) is 6.04 Å². The summed E-state index contributed by atoms with van der Waals surface area (Å²) in [4.78, 5) is 31.9. The first-order valence-corrected chi connectivity index (χ1v) is 6.11. The zero-order valence-electron chi connectivity index (χ0n) is 10.7. The average molecular weight is 289 g/mol. The number of carbonyl (C=O) groups excluding carboxylic acids is 1. The Bertz CT molecular complexity index is 665. The number of carbonyl (C=O) groups is 2. The topological polar surface area (TPSA) is 126 Å². The third kappa shape index (κ3) is 2.63. The molecule has 3 heterocycles. The van der Waals surface area contributed by atoms with Gasteiger partial charge in [-0.15, -0.1) is 5.10 Å². The molecule has 1 saturated heterocycles. The maximum atomic E-state index is 11.9. The number of urea groups is 1.